The number of methoxy groups -OCH3 is 1. The Kier molecular flexibility index (Phi) is 5.64. The lowest BCUT2D eigenvalue weighted by molar-refractivity contribution is 0.0526. The van der Waals surface area contributed by atoms with E-state index in [4.69, 9.17) is 21.1 Å². The topological polar surface area (TPSA) is 85.7 Å². The van der Waals surface area contributed by atoms with Gasteiger partial charge in [-0.2, -0.15) is 0 Å². The maximum absolute atomic E-state index is 12.5. The molecular formula is C18H18ClNO5. The third kappa shape index (κ3) is 3.44. The van der Waals surface area contributed by atoms with Crippen molar-refractivity contribution in [3.63, 3.8) is 0 Å². The Morgan fingerprint density at radius 1 is 1.20 bits per heavy atom. The number of carbonyl (C=O) groups excluding carboxylic acids is 1. The van der Waals surface area contributed by atoms with Crippen molar-refractivity contribution in [3.05, 3.63) is 45.7 Å². The van der Waals surface area contributed by atoms with Crippen LogP contribution in [0, 0.1) is 13.8 Å². The number of benzene rings is 1. The van der Waals surface area contributed by atoms with Crippen LogP contribution in [0.15, 0.2) is 18.2 Å². The van der Waals surface area contributed by atoms with Crippen LogP contribution in [0.5, 0.6) is 5.75 Å². The summed E-state index contributed by atoms with van der Waals surface area (Å²) < 4.78 is 10.3. The van der Waals surface area contributed by atoms with E-state index in [2.05, 4.69) is 4.98 Å². The number of hydrogen-bond acceptors (Lipinski definition) is 5. The number of carboxylic acid groups (broad SMARTS) is 1. The first kappa shape index (κ1) is 18.7. The zero-order chi connectivity index (χ0) is 18.7. The summed E-state index contributed by atoms with van der Waals surface area (Å²) in [4.78, 5) is 28.5. The van der Waals surface area contributed by atoms with Gasteiger partial charge in [0.2, 0.25) is 0 Å². The minimum Gasteiger partial charge on any atom is -0.495 e. The van der Waals surface area contributed by atoms with Crippen molar-refractivity contribution >= 4 is 23.5 Å². The van der Waals surface area contributed by atoms with Crippen molar-refractivity contribution in [2.75, 3.05) is 13.7 Å². The number of aryl methyl sites for hydroxylation is 2. The Morgan fingerprint density at radius 3 is 2.40 bits per heavy atom. The second kappa shape index (κ2) is 7.53. The van der Waals surface area contributed by atoms with Gasteiger partial charge in [0, 0.05) is 11.1 Å². The summed E-state index contributed by atoms with van der Waals surface area (Å²) in [6, 6.07) is 4.96. The van der Waals surface area contributed by atoms with Crippen LogP contribution >= 0.6 is 11.6 Å². The number of pyridine rings is 1. The second-order valence-corrected chi connectivity index (χ2v) is 5.63. The van der Waals surface area contributed by atoms with Crippen molar-refractivity contribution in [1.29, 1.82) is 0 Å². The van der Waals surface area contributed by atoms with E-state index in [1.165, 1.54) is 7.11 Å². The van der Waals surface area contributed by atoms with Gasteiger partial charge in [-0.1, -0.05) is 23.7 Å². The molecule has 0 aliphatic rings. The van der Waals surface area contributed by atoms with Gasteiger partial charge in [-0.15, -0.1) is 0 Å². The molecule has 0 bridgehead atoms. The molecular weight excluding hydrogens is 346 g/mol. The van der Waals surface area contributed by atoms with Crippen molar-refractivity contribution in [3.8, 4) is 16.9 Å². The third-order valence-corrected chi connectivity index (χ3v) is 4.09. The Hall–Kier alpha value is -2.60. The van der Waals surface area contributed by atoms with E-state index in [0.29, 0.717) is 17.0 Å². The van der Waals surface area contributed by atoms with Gasteiger partial charge in [0.25, 0.3) is 0 Å². The molecule has 2 rings (SSSR count). The average molecular weight is 364 g/mol. The molecule has 1 heterocycles. The van der Waals surface area contributed by atoms with Crippen LogP contribution in [0.4, 0.5) is 0 Å². The lowest BCUT2D eigenvalue weighted by Crippen LogP contribution is -2.16. The molecule has 1 aromatic heterocycles. The minimum absolute atomic E-state index is 0.0833. The minimum atomic E-state index is -1.20. The molecule has 0 saturated heterocycles. The van der Waals surface area contributed by atoms with Gasteiger partial charge in [-0.25, -0.2) is 9.59 Å². The summed E-state index contributed by atoms with van der Waals surface area (Å²) in [6.07, 6.45) is 0. The predicted octanol–water partition coefficient (Wildman–Crippen LogP) is 3.90. The summed E-state index contributed by atoms with van der Waals surface area (Å²) in [5, 5.41) is 9.90. The maximum Gasteiger partial charge on any atom is 0.340 e. The van der Waals surface area contributed by atoms with E-state index in [9.17, 15) is 14.7 Å². The van der Waals surface area contributed by atoms with Crippen molar-refractivity contribution in [2.24, 2.45) is 0 Å². The van der Waals surface area contributed by atoms with Crippen molar-refractivity contribution in [1.82, 2.24) is 4.98 Å². The number of ether oxygens (including phenoxy) is 2. The smallest absolute Gasteiger partial charge is 0.340 e. The van der Waals surface area contributed by atoms with Gasteiger partial charge in [0.15, 0.2) is 0 Å². The molecule has 0 unspecified atom stereocenters. The largest absolute Gasteiger partial charge is 0.495 e. The number of rotatable bonds is 5. The predicted molar refractivity (Wildman–Crippen MR) is 93.6 cm³/mol. The number of carbonyl (C=O) groups is 2. The number of aromatic carboxylic acids is 1. The van der Waals surface area contributed by atoms with E-state index < -0.39 is 11.9 Å². The number of aromatic nitrogens is 1. The molecule has 2 aromatic rings. The number of hydrogen-bond donors (Lipinski definition) is 1. The lowest BCUT2D eigenvalue weighted by Gasteiger charge is -2.18. The van der Waals surface area contributed by atoms with E-state index in [1.807, 2.05) is 0 Å². The van der Waals surface area contributed by atoms with Gasteiger partial charge >= 0.3 is 11.9 Å². The van der Waals surface area contributed by atoms with E-state index >= 15 is 0 Å². The molecule has 0 fully saturated rings. The molecule has 0 radical (unpaired) electrons. The Morgan fingerprint density at radius 2 is 1.84 bits per heavy atom. The zero-order valence-electron chi connectivity index (χ0n) is 14.3. The first-order chi connectivity index (χ1) is 11.8. The van der Waals surface area contributed by atoms with Crippen molar-refractivity contribution in [2.45, 2.75) is 20.8 Å². The average Bonchev–Trinajstić information content (AvgIpc) is 2.54. The van der Waals surface area contributed by atoms with Crippen LogP contribution < -0.4 is 4.74 Å². The van der Waals surface area contributed by atoms with E-state index in [1.54, 1.807) is 39.0 Å². The number of nitrogens with zero attached hydrogens (tertiary/aromatic N) is 1. The van der Waals surface area contributed by atoms with Crippen LogP contribution in [0.1, 0.15) is 39.0 Å². The van der Waals surface area contributed by atoms with Crippen LogP contribution in [0.3, 0.4) is 0 Å². The normalized spacial score (nSPS) is 10.4. The molecule has 0 atom stereocenters. The van der Waals surface area contributed by atoms with Gasteiger partial charge in [-0.05, 0) is 26.8 Å². The molecule has 1 aromatic carbocycles. The summed E-state index contributed by atoms with van der Waals surface area (Å²) in [7, 11) is 1.46. The van der Waals surface area contributed by atoms with Gasteiger partial charge in [-0.3, -0.25) is 4.98 Å². The van der Waals surface area contributed by atoms with Crippen molar-refractivity contribution < 1.29 is 24.2 Å². The Bertz CT molecular complexity index is 848. The van der Waals surface area contributed by atoms with Crippen LogP contribution in [-0.4, -0.2) is 35.7 Å². The standard InChI is InChI=1S/C18H18ClNO5/c1-5-25-18(23)14-10(3)20-9(2)13(17(21)22)15(14)11-7-6-8-12(24-4)16(11)19/h6-8H,5H2,1-4H3,(H,21,22). The fourth-order valence-corrected chi connectivity index (χ4v) is 2.99. The number of esters is 1. The Balaban J connectivity index is 2.95. The lowest BCUT2D eigenvalue weighted by atomic mass is 9.92. The van der Waals surface area contributed by atoms with E-state index in [-0.39, 0.29) is 34.0 Å². The second-order valence-electron chi connectivity index (χ2n) is 5.26. The summed E-state index contributed by atoms with van der Waals surface area (Å²) in [6.45, 7) is 5.02. The van der Waals surface area contributed by atoms with Crippen LogP contribution in [0.2, 0.25) is 5.02 Å². The highest BCUT2D eigenvalue weighted by Crippen LogP contribution is 2.40. The number of halogens is 1. The highest BCUT2D eigenvalue weighted by Gasteiger charge is 2.28. The summed E-state index contributed by atoms with van der Waals surface area (Å²) in [5.74, 6) is -1.48. The van der Waals surface area contributed by atoms with Gasteiger partial charge < -0.3 is 14.6 Å². The van der Waals surface area contributed by atoms with Crippen LogP contribution in [-0.2, 0) is 4.74 Å². The molecule has 0 aliphatic carbocycles. The zero-order valence-corrected chi connectivity index (χ0v) is 15.1. The fourth-order valence-electron chi connectivity index (χ4n) is 2.70. The molecule has 132 valence electrons. The molecule has 0 spiro atoms. The first-order valence-electron chi connectivity index (χ1n) is 7.57. The first-order valence-corrected chi connectivity index (χ1v) is 7.95. The van der Waals surface area contributed by atoms with Gasteiger partial charge in [0.05, 0.1) is 41.3 Å². The fraction of sp³-hybridized carbons (Fsp3) is 0.278. The SMILES string of the molecule is CCOC(=O)c1c(C)nc(C)c(C(=O)O)c1-c1cccc(OC)c1Cl. The molecule has 7 heteroatoms. The molecule has 0 amide bonds. The van der Waals surface area contributed by atoms with Crippen LogP contribution in [0.25, 0.3) is 11.1 Å². The highest BCUT2D eigenvalue weighted by molar-refractivity contribution is 6.35. The summed E-state index contributed by atoms with van der Waals surface area (Å²) >= 11 is 6.39. The quantitative estimate of drug-likeness (QED) is 0.811. The molecule has 0 saturated carbocycles. The molecule has 0 aliphatic heterocycles. The summed E-state index contributed by atoms with van der Waals surface area (Å²) in [5.41, 5.74) is 1.19. The highest BCUT2D eigenvalue weighted by atomic mass is 35.5. The molecule has 25 heavy (non-hydrogen) atoms. The van der Waals surface area contributed by atoms with E-state index in [0.717, 1.165) is 0 Å². The monoisotopic (exact) mass is 363 g/mol. The molecule has 6 nitrogen and oxygen atoms in total. The maximum atomic E-state index is 12.5. The molecule has 1 N–H and O–H groups in total. The Labute approximate surface area is 150 Å². The number of carboxylic acids is 1. The van der Waals surface area contributed by atoms with Gasteiger partial charge in [0.1, 0.15) is 5.75 Å². The third-order valence-electron chi connectivity index (χ3n) is 3.70.